The molecule has 103 heavy (non-hydrogen) atoms. The molecular formula is C84H164O17P2. The van der Waals surface area contributed by atoms with Gasteiger partial charge in [0.05, 0.1) is 26.4 Å². The quantitative estimate of drug-likeness (QED) is 0.0222. The summed E-state index contributed by atoms with van der Waals surface area (Å²) >= 11 is 0. The van der Waals surface area contributed by atoms with E-state index >= 15 is 0 Å². The van der Waals surface area contributed by atoms with Gasteiger partial charge in [-0.25, -0.2) is 9.13 Å². The molecule has 0 saturated heterocycles. The molecule has 0 saturated carbocycles. The predicted molar refractivity (Wildman–Crippen MR) is 423 cm³/mol. The molecule has 3 N–H and O–H groups in total. The van der Waals surface area contributed by atoms with Crippen LogP contribution in [0, 0.1) is 5.92 Å². The molecule has 0 fully saturated rings. The second-order valence-corrected chi connectivity index (χ2v) is 33.6. The van der Waals surface area contributed by atoms with Gasteiger partial charge in [-0.3, -0.25) is 37.3 Å². The first-order valence-corrected chi connectivity index (χ1v) is 46.6. The van der Waals surface area contributed by atoms with E-state index < -0.39 is 97.5 Å². The van der Waals surface area contributed by atoms with Gasteiger partial charge in [-0.1, -0.05) is 401 Å². The molecule has 0 rings (SSSR count). The Hall–Kier alpha value is -1.94. The van der Waals surface area contributed by atoms with Crippen LogP contribution in [0.5, 0.6) is 0 Å². The average molecular weight is 1510 g/mol. The van der Waals surface area contributed by atoms with E-state index in [9.17, 15) is 43.2 Å². The highest BCUT2D eigenvalue weighted by molar-refractivity contribution is 7.47. The van der Waals surface area contributed by atoms with Crippen LogP contribution in [0.3, 0.4) is 0 Å². The molecule has 0 aromatic carbocycles. The van der Waals surface area contributed by atoms with E-state index in [2.05, 4.69) is 34.6 Å². The summed E-state index contributed by atoms with van der Waals surface area (Å²) in [6.45, 7) is 7.34. The lowest BCUT2D eigenvalue weighted by Gasteiger charge is -2.21. The highest BCUT2D eigenvalue weighted by Crippen LogP contribution is 2.45. The third kappa shape index (κ3) is 78.0. The van der Waals surface area contributed by atoms with Crippen LogP contribution >= 0.6 is 15.6 Å². The minimum Gasteiger partial charge on any atom is -0.462 e. The van der Waals surface area contributed by atoms with E-state index in [-0.39, 0.29) is 25.7 Å². The standard InChI is InChI=1S/C84H164O17P2/c1-6-9-12-15-18-21-24-27-30-33-34-35-38-41-44-49-55-60-65-70-83(88)100-79(73-94-81(86)67-62-57-52-47-42-39-36-31-28-25-22-19-16-13-10-7-2)75-98-102(90,91)96-71-78(85)72-97-103(92,93)99-76-80(74-95-82(87)68-63-58-53-50-45-46-51-56-61-66-77(4)5)101-84(89)69-64-59-54-48-43-40-37-32-29-26-23-20-17-14-11-8-3/h77-80,85H,6-76H2,1-5H3,(H,90,91)(H,92,93)/t78-,79-,80-/m1/s1. The van der Waals surface area contributed by atoms with Crippen molar-refractivity contribution in [2.45, 2.75) is 470 Å². The summed E-state index contributed by atoms with van der Waals surface area (Å²) in [7, 11) is -9.92. The number of aliphatic hydroxyl groups is 1. The fourth-order valence-corrected chi connectivity index (χ4v) is 14.7. The van der Waals surface area contributed by atoms with Gasteiger partial charge in [0.2, 0.25) is 0 Å². The van der Waals surface area contributed by atoms with E-state index in [1.807, 2.05) is 0 Å². The van der Waals surface area contributed by atoms with Crippen molar-refractivity contribution in [3.63, 3.8) is 0 Å². The minimum atomic E-state index is -4.96. The van der Waals surface area contributed by atoms with Crippen LogP contribution in [0.1, 0.15) is 452 Å². The molecular weight excluding hydrogens is 1340 g/mol. The van der Waals surface area contributed by atoms with Gasteiger partial charge in [0.15, 0.2) is 12.2 Å². The predicted octanol–water partition coefficient (Wildman–Crippen LogP) is 25.6. The van der Waals surface area contributed by atoms with Crippen LogP contribution in [-0.4, -0.2) is 96.7 Å². The van der Waals surface area contributed by atoms with Gasteiger partial charge in [-0.05, 0) is 31.6 Å². The summed E-state index contributed by atoms with van der Waals surface area (Å²) in [6, 6.07) is 0. The molecule has 0 amide bonds. The summed E-state index contributed by atoms with van der Waals surface area (Å²) in [4.78, 5) is 73.2. The summed E-state index contributed by atoms with van der Waals surface area (Å²) in [5, 5.41) is 10.7. The van der Waals surface area contributed by atoms with E-state index in [1.165, 1.54) is 276 Å². The molecule has 19 heteroatoms. The number of phosphoric ester groups is 2. The fourth-order valence-electron chi connectivity index (χ4n) is 13.1. The van der Waals surface area contributed by atoms with Crippen LogP contribution in [0.4, 0.5) is 0 Å². The maximum atomic E-state index is 13.1. The fraction of sp³-hybridized carbons (Fsp3) is 0.952. The van der Waals surface area contributed by atoms with Gasteiger partial charge in [0.1, 0.15) is 19.3 Å². The Balaban J connectivity index is 5.26. The van der Waals surface area contributed by atoms with Crippen molar-refractivity contribution in [3.8, 4) is 0 Å². The highest BCUT2D eigenvalue weighted by Gasteiger charge is 2.30. The SMILES string of the molecule is CCCCCCCCCCCCCCCCCCCCCC(=O)O[C@H](COC(=O)CCCCCCCCCCCCCCCCCC)COP(=O)(O)OC[C@@H](O)COP(=O)(O)OC[C@@H](COC(=O)CCCCCCCCCCCC(C)C)OC(=O)CCCCCCCCCCCCCCCCCC. The second kappa shape index (κ2) is 76.8. The average Bonchev–Trinajstić information content (AvgIpc) is 0.924. The zero-order chi connectivity index (χ0) is 75.5. The monoisotopic (exact) mass is 1510 g/mol. The van der Waals surface area contributed by atoms with Crippen molar-refractivity contribution in [1.29, 1.82) is 0 Å². The largest absolute Gasteiger partial charge is 0.472 e. The number of carbonyl (C=O) groups is 4. The first-order chi connectivity index (χ1) is 50.0. The summed E-state index contributed by atoms with van der Waals surface area (Å²) in [5.74, 6) is -1.36. The Kier molecular flexibility index (Phi) is 75.4. The number of phosphoric acid groups is 2. The van der Waals surface area contributed by atoms with Crippen molar-refractivity contribution in [1.82, 2.24) is 0 Å². The molecule has 17 nitrogen and oxygen atoms in total. The number of ether oxygens (including phenoxy) is 4. The van der Waals surface area contributed by atoms with E-state index in [0.29, 0.717) is 25.7 Å². The lowest BCUT2D eigenvalue weighted by Crippen LogP contribution is -2.30. The topological polar surface area (TPSA) is 237 Å². The van der Waals surface area contributed by atoms with Crippen molar-refractivity contribution in [3.05, 3.63) is 0 Å². The molecule has 0 aliphatic heterocycles. The van der Waals surface area contributed by atoms with Gasteiger partial charge in [0, 0.05) is 25.7 Å². The number of esters is 4. The first-order valence-electron chi connectivity index (χ1n) is 43.6. The van der Waals surface area contributed by atoms with Crippen molar-refractivity contribution in [2.75, 3.05) is 39.6 Å². The van der Waals surface area contributed by atoms with Crippen LogP contribution < -0.4 is 0 Å². The molecule has 0 radical (unpaired) electrons. The summed E-state index contributed by atoms with van der Waals surface area (Å²) < 4.78 is 68.9. The Morgan fingerprint density at radius 1 is 0.262 bits per heavy atom. The van der Waals surface area contributed by atoms with Crippen LogP contribution in [0.2, 0.25) is 0 Å². The lowest BCUT2D eigenvalue weighted by atomic mass is 10.0. The lowest BCUT2D eigenvalue weighted by molar-refractivity contribution is -0.161. The molecule has 612 valence electrons. The maximum absolute atomic E-state index is 13.1. The molecule has 0 heterocycles. The molecule has 5 atom stereocenters. The van der Waals surface area contributed by atoms with Crippen molar-refractivity contribution < 1.29 is 80.2 Å². The smallest absolute Gasteiger partial charge is 0.462 e. The van der Waals surface area contributed by atoms with Gasteiger partial charge in [-0.2, -0.15) is 0 Å². The molecule has 0 aromatic rings. The molecule has 0 aliphatic carbocycles. The number of hydrogen-bond acceptors (Lipinski definition) is 15. The number of carbonyl (C=O) groups excluding carboxylic acids is 4. The third-order valence-corrected chi connectivity index (χ3v) is 21.7. The zero-order valence-corrected chi connectivity index (χ0v) is 69.3. The van der Waals surface area contributed by atoms with E-state index in [0.717, 1.165) is 95.8 Å². The molecule has 0 aliphatic rings. The molecule has 2 unspecified atom stereocenters. The maximum Gasteiger partial charge on any atom is 0.472 e. The van der Waals surface area contributed by atoms with Gasteiger partial charge >= 0.3 is 39.5 Å². The van der Waals surface area contributed by atoms with Crippen molar-refractivity contribution >= 4 is 39.5 Å². The van der Waals surface area contributed by atoms with E-state index in [1.54, 1.807) is 0 Å². The number of aliphatic hydroxyl groups excluding tert-OH is 1. The van der Waals surface area contributed by atoms with Gasteiger partial charge in [0.25, 0.3) is 0 Å². The van der Waals surface area contributed by atoms with Gasteiger partial charge in [-0.15, -0.1) is 0 Å². The Labute approximate surface area is 632 Å². The normalized spacial score (nSPS) is 13.8. The first kappa shape index (κ1) is 101. The summed E-state index contributed by atoms with van der Waals surface area (Å²) in [5.41, 5.74) is 0. The van der Waals surface area contributed by atoms with Gasteiger partial charge < -0.3 is 33.8 Å². The molecule has 0 spiro atoms. The minimum absolute atomic E-state index is 0.108. The number of rotatable bonds is 84. The van der Waals surface area contributed by atoms with Crippen molar-refractivity contribution in [2.24, 2.45) is 5.92 Å². The number of hydrogen-bond donors (Lipinski definition) is 3. The summed E-state index contributed by atoms with van der Waals surface area (Å²) in [6.07, 6.45) is 69.3. The Bertz CT molecular complexity index is 1960. The number of unbranched alkanes of at least 4 members (excludes halogenated alkanes) is 56. The van der Waals surface area contributed by atoms with E-state index in [4.69, 9.17) is 37.0 Å². The highest BCUT2D eigenvalue weighted by atomic mass is 31.2. The molecule has 0 bridgehead atoms. The third-order valence-electron chi connectivity index (χ3n) is 19.8. The second-order valence-electron chi connectivity index (χ2n) is 30.7. The Morgan fingerprint density at radius 2 is 0.447 bits per heavy atom. The van der Waals surface area contributed by atoms with Crippen LogP contribution in [0.15, 0.2) is 0 Å². The Morgan fingerprint density at radius 3 is 0.660 bits per heavy atom. The van der Waals surface area contributed by atoms with Crippen LogP contribution in [0.25, 0.3) is 0 Å². The molecule has 0 aromatic heterocycles. The zero-order valence-electron chi connectivity index (χ0n) is 67.5. The van der Waals surface area contributed by atoms with Crippen LogP contribution in [-0.2, 0) is 65.4 Å².